The lowest BCUT2D eigenvalue weighted by Gasteiger charge is -1.84. The zero-order chi connectivity index (χ0) is 5.82. The molecule has 0 amide bonds. The smallest absolute Gasteiger partial charge is 0.0273 e. The van der Waals surface area contributed by atoms with Crippen LogP contribution in [0.5, 0.6) is 0 Å². The topological polar surface area (TPSA) is 12.9 Å². The second kappa shape index (κ2) is 3.90. The Morgan fingerprint density at radius 3 is 2.33 bits per heavy atom. The van der Waals surface area contributed by atoms with Crippen LogP contribution in [0.15, 0.2) is 31.1 Å². The summed E-state index contributed by atoms with van der Waals surface area (Å²) in [5.74, 6) is 0. The van der Waals surface area contributed by atoms with Gasteiger partial charge in [-0.3, -0.25) is 4.98 Å². The molecule has 0 bridgehead atoms. The summed E-state index contributed by atoms with van der Waals surface area (Å²) in [5.41, 5.74) is 1.11. The number of rotatable bonds is 1. The van der Waals surface area contributed by atoms with Gasteiger partial charge in [-0.1, -0.05) is 12.7 Å². The maximum absolute atomic E-state index is 3.85. The van der Waals surface area contributed by atoms with Crippen molar-refractivity contribution in [3.05, 3.63) is 36.7 Å². The summed E-state index contributed by atoms with van der Waals surface area (Å²) >= 11 is 0. The van der Waals surface area contributed by atoms with Crippen LogP contribution in [0.4, 0.5) is 0 Å². The van der Waals surface area contributed by atoms with Gasteiger partial charge in [-0.25, -0.2) is 0 Å². The molecular formula is C7H9BN. The van der Waals surface area contributed by atoms with Crippen LogP contribution in [0, 0.1) is 0 Å². The lowest BCUT2D eigenvalue weighted by atomic mass is 10.3. The molecule has 0 saturated carbocycles. The van der Waals surface area contributed by atoms with Crippen molar-refractivity contribution in [3.8, 4) is 0 Å². The molecule has 0 fully saturated rings. The number of nitrogens with zero attached hydrogens (tertiary/aromatic N) is 1. The minimum atomic E-state index is 0. The lowest BCUT2D eigenvalue weighted by Crippen LogP contribution is -1.69. The van der Waals surface area contributed by atoms with Crippen molar-refractivity contribution < 1.29 is 1.43 Å². The van der Waals surface area contributed by atoms with Crippen molar-refractivity contribution in [1.82, 2.24) is 4.98 Å². The molecule has 3 radical (unpaired) electrons. The highest BCUT2D eigenvalue weighted by Crippen LogP contribution is 1.94. The molecule has 0 aliphatic rings. The molecule has 9 heavy (non-hydrogen) atoms. The molecule has 0 aliphatic heterocycles. The van der Waals surface area contributed by atoms with Crippen molar-refractivity contribution >= 4 is 14.5 Å². The van der Waals surface area contributed by atoms with Crippen molar-refractivity contribution in [3.63, 3.8) is 0 Å². The highest BCUT2D eigenvalue weighted by atomic mass is 14.6. The Balaban J connectivity index is 0. The fourth-order valence-corrected chi connectivity index (χ4v) is 0.500. The first-order valence-corrected chi connectivity index (χ1v) is 2.46. The van der Waals surface area contributed by atoms with E-state index in [1.165, 1.54) is 0 Å². The van der Waals surface area contributed by atoms with E-state index >= 15 is 0 Å². The molecule has 0 aromatic carbocycles. The van der Waals surface area contributed by atoms with Gasteiger partial charge in [-0.2, -0.15) is 0 Å². The summed E-state index contributed by atoms with van der Waals surface area (Å²) in [6.45, 7) is 3.60. The molecule has 1 aromatic rings. The van der Waals surface area contributed by atoms with Gasteiger partial charge in [0.2, 0.25) is 0 Å². The molecule has 1 nitrogen and oxygen atoms in total. The third-order valence-electron chi connectivity index (χ3n) is 0.942. The third kappa shape index (κ3) is 2.13. The highest BCUT2D eigenvalue weighted by molar-refractivity contribution is 5.75. The second-order valence-electron chi connectivity index (χ2n) is 1.48. The largest absolute Gasteiger partial charge is 0.265 e. The SMILES string of the molecule is C=Cc1ccncc1.[B].[HH]. The van der Waals surface area contributed by atoms with Gasteiger partial charge in [0.25, 0.3) is 0 Å². The van der Waals surface area contributed by atoms with E-state index in [-0.39, 0.29) is 9.84 Å². The highest BCUT2D eigenvalue weighted by Gasteiger charge is 1.76. The second-order valence-corrected chi connectivity index (χ2v) is 1.48. The molecular weight excluding hydrogens is 109 g/mol. The molecule has 1 aromatic heterocycles. The Labute approximate surface area is 58.5 Å². The molecule has 1 rings (SSSR count). The Bertz CT molecular complexity index is 176. The van der Waals surface area contributed by atoms with Crippen LogP contribution in [0.1, 0.15) is 6.99 Å². The fraction of sp³-hybridized carbons (Fsp3) is 0. The monoisotopic (exact) mass is 118 g/mol. The fourth-order valence-electron chi connectivity index (χ4n) is 0.500. The van der Waals surface area contributed by atoms with Gasteiger partial charge in [0.05, 0.1) is 0 Å². The van der Waals surface area contributed by atoms with Crippen LogP contribution in [-0.4, -0.2) is 13.4 Å². The molecule has 0 aliphatic carbocycles. The van der Waals surface area contributed by atoms with Crippen molar-refractivity contribution in [2.45, 2.75) is 0 Å². The van der Waals surface area contributed by atoms with Gasteiger partial charge in [-0.05, 0) is 17.7 Å². The van der Waals surface area contributed by atoms with E-state index in [2.05, 4.69) is 11.6 Å². The van der Waals surface area contributed by atoms with Gasteiger partial charge in [0.15, 0.2) is 0 Å². The summed E-state index contributed by atoms with van der Waals surface area (Å²) in [6, 6.07) is 3.82. The van der Waals surface area contributed by atoms with Crippen molar-refractivity contribution in [2.75, 3.05) is 0 Å². The van der Waals surface area contributed by atoms with Crippen LogP contribution in [0.2, 0.25) is 0 Å². The van der Waals surface area contributed by atoms with E-state index in [0.29, 0.717) is 0 Å². The summed E-state index contributed by atoms with van der Waals surface area (Å²) in [4.78, 5) is 3.85. The molecule has 0 saturated heterocycles. The van der Waals surface area contributed by atoms with Crippen LogP contribution < -0.4 is 0 Å². The van der Waals surface area contributed by atoms with Crippen LogP contribution in [0.3, 0.4) is 0 Å². The van der Waals surface area contributed by atoms with Crippen molar-refractivity contribution in [2.24, 2.45) is 0 Å². The number of pyridine rings is 1. The lowest BCUT2D eigenvalue weighted by molar-refractivity contribution is 1.32. The average molecular weight is 118 g/mol. The quantitative estimate of drug-likeness (QED) is 0.510. The first-order chi connectivity index (χ1) is 3.93. The minimum absolute atomic E-state index is 0. The molecule has 0 spiro atoms. The van der Waals surface area contributed by atoms with E-state index in [1.54, 1.807) is 18.5 Å². The summed E-state index contributed by atoms with van der Waals surface area (Å²) in [7, 11) is 0. The maximum atomic E-state index is 3.85. The zero-order valence-corrected chi connectivity index (χ0v) is 5.12. The minimum Gasteiger partial charge on any atom is -0.265 e. The number of hydrogen-bond acceptors (Lipinski definition) is 1. The third-order valence-corrected chi connectivity index (χ3v) is 0.942. The molecule has 45 valence electrons. The zero-order valence-electron chi connectivity index (χ0n) is 5.12. The molecule has 2 heteroatoms. The van der Waals surface area contributed by atoms with E-state index < -0.39 is 0 Å². The normalized spacial score (nSPS) is 7.56. The summed E-state index contributed by atoms with van der Waals surface area (Å²) in [6.07, 6.45) is 5.29. The predicted octanol–water partition coefficient (Wildman–Crippen LogP) is 1.59. The van der Waals surface area contributed by atoms with Crippen LogP contribution in [-0.2, 0) is 0 Å². The molecule has 0 unspecified atom stereocenters. The van der Waals surface area contributed by atoms with Crippen LogP contribution in [0.25, 0.3) is 6.08 Å². The molecule has 1 heterocycles. The summed E-state index contributed by atoms with van der Waals surface area (Å²) < 4.78 is 0. The van der Waals surface area contributed by atoms with Crippen molar-refractivity contribution in [1.29, 1.82) is 0 Å². The van der Waals surface area contributed by atoms with E-state index in [0.717, 1.165) is 5.56 Å². The van der Waals surface area contributed by atoms with Gasteiger partial charge < -0.3 is 0 Å². The van der Waals surface area contributed by atoms with Gasteiger partial charge in [0.1, 0.15) is 0 Å². The number of hydrogen-bond donors (Lipinski definition) is 0. The average Bonchev–Trinajstić information content (AvgIpc) is 1.90. The first kappa shape index (κ1) is 7.95. The Kier molecular flexibility index (Phi) is 3.44. The van der Waals surface area contributed by atoms with Gasteiger partial charge in [0, 0.05) is 22.2 Å². The number of aromatic nitrogens is 1. The molecule has 0 atom stereocenters. The maximum Gasteiger partial charge on any atom is 0.0273 e. The predicted molar refractivity (Wildman–Crippen MR) is 42.2 cm³/mol. The summed E-state index contributed by atoms with van der Waals surface area (Å²) in [5, 5.41) is 0. The van der Waals surface area contributed by atoms with E-state index in [4.69, 9.17) is 0 Å². The standard InChI is InChI=1S/C7H7N.B.H2/c1-2-7-3-5-8-6-4-7;;/h2-6H,1H2;;1H. The Morgan fingerprint density at radius 2 is 2.00 bits per heavy atom. The Morgan fingerprint density at radius 1 is 1.44 bits per heavy atom. The Hall–Kier alpha value is -1.05. The molecule has 0 N–H and O–H groups in total. The first-order valence-electron chi connectivity index (χ1n) is 2.46. The van der Waals surface area contributed by atoms with E-state index in [1.807, 2.05) is 12.1 Å². The van der Waals surface area contributed by atoms with Crippen LogP contribution >= 0.6 is 0 Å². The van der Waals surface area contributed by atoms with Gasteiger partial charge >= 0.3 is 0 Å². The van der Waals surface area contributed by atoms with Gasteiger partial charge in [-0.15, -0.1) is 0 Å². The van der Waals surface area contributed by atoms with E-state index in [9.17, 15) is 0 Å².